The highest BCUT2D eigenvalue weighted by atomic mass is 32.2. The molecule has 0 amide bonds. The van der Waals surface area contributed by atoms with Gasteiger partial charge in [-0.3, -0.25) is 0 Å². The Hall–Kier alpha value is -0.960. The van der Waals surface area contributed by atoms with Gasteiger partial charge in [0.15, 0.2) is 4.93 Å². The molecular formula is C11H10O2S. The minimum Gasteiger partial charge on any atom is -0.444 e. The maximum Gasteiger partial charge on any atom is 0.340 e. The molecule has 0 radical (unpaired) electrons. The summed E-state index contributed by atoms with van der Waals surface area (Å²) in [6.07, 6.45) is 3.16. The second-order valence-electron chi connectivity index (χ2n) is 3.75. The van der Waals surface area contributed by atoms with Crippen LogP contribution in [0.25, 0.3) is 0 Å². The van der Waals surface area contributed by atoms with Crippen LogP contribution in [0.1, 0.15) is 29.6 Å². The average Bonchev–Trinajstić information content (AvgIpc) is 2.15. The molecule has 1 aliphatic heterocycles. The Labute approximate surface area is 86.6 Å². The molecule has 1 heterocycles. The van der Waals surface area contributed by atoms with Crippen LogP contribution in [-0.4, -0.2) is 10.9 Å². The van der Waals surface area contributed by atoms with Crippen molar-refractivity contribution < 1.29 is 9.53 Å². The Morgan fingerprint density at radius 2 is 2.07 bits per heavy atom. The first-order valence-corrected chi connectivity index (χ1v) is 5.62. The van der Waals surface area contributed by atoms with Gasteiger partial charge >= 0.3 is 5.97 Å². The zero-order chi connectivity index (χ0) is 9.60. The van der Waals surface area contributed by atoms with Gasteiger partial charge in [0.25, 0.3) is 0 Å². The lowest BCUT2D eigenvalue weighted by Crippen LogP contribution is -2.41. The van der Waals surface area contributed by atoms with Gasteiger partial charge in [-0.05, 0) is 31.4 Å². The van der Waals surface area contributed by atoms with E-state index < -0.39 is 0 Å². The number of carbonyl (C=O) groups excluding carboxylic acids is 1. The van der Waals surface area contributed by atoms with E-state index >= 15 is 0 Å². The maximum absolute atomic E-state index is 11.7. The molecule has 72 valence electrons. The van der Waals surface area contributed by atoms with Crippen molar-refractivity contribution in [3.8, 4) is 0 Å². The van der Waals surface area contributed by atoms with E-state index in [0.29, 0.717) is 0 Å². The monoisotopic (exact) mass is 206 g/mol. The predicted octanol–water partition coefficient (Wildman–Crippen LogP) is 2.83. The fraction of sp³-hybridized carbons (Fsp3) is 0.364. The van der Waals surface area contributed by atoms with Gasteiger partial charge in [-0.1, -0.05) is 23.9 Å². The van der Waals surface area contributed by atoms with E-state index in [-0.39, 0.29) is 10.9 Å². The molecule has 2 nitrogen and oxygen atoms in total. The summed E-state index contributed by atoms with van der Waals surface area (Å²) in [5.41, 5.74) is 0.718. The first-order chi connectivity index (χ1) is 6.79. The zero-order valence-electron chi connectivity index (χ0n) is 7.66. The SMILES string of the molecule is O=C1OC2(CCC2)Sc2ccccc21. The smallest absolute Gasteiger partial charge is 0.340 e. The topological polar surface area (TPSA) is 26.3 Å². The number of carbonyl (C=O) groups is 1. The first-order valence-electron chi connectivity index (χ1n) is 4.81. The summed E-state index contributed by atoms with van der Waals surface area (Å²) in [5, 5.41) is 0. The van der Waals surface area contributed by atoms with Gasteiger partial charge in [0.05, 0.1) is 5.56 Å². The second kappa shape index (κ2) is 2.76. The van der Waals surface area contributed by atoms with Crippen molar-refractivity contribution in [2.45, 2.75) is 29.1 Å². The Morgan fingerprint density at radius 1 is 1.29 bits per heavy atom. The lowest BCUT2D eigenvalue weighted by Gasteiger charge is -2.42. The third kappa shape index (κ3) is 1.08. The number of hydrogen-bond acceptors (Lipinski definition) is 3. The van der Waals surface area contributed by atoms with Gasteiger partial charge in [-0.2, -0.15) is 0 Å². The minimum absolute atomic E-state index is 0.154. The standard InChI is InChI=1S/C11H10O2S/c12-10-8-4-1-2-5-9(8)14-11(13-10)6-3-7-11/h1-2,4-5H,3,6-7H2. The fourth-order valence-corrected chi connectivity index (χ4v) is 3.26. The number of rotatable bonds is 0. The molecule has 14 heavy (non-hydrogen) atoms. The number of esters is 1. The molecule has 0 bridgehead atoms. The Balaban J connectivity index is 2.04. The summed E-state index contributed by atoms with van der Waals surface area (Å²) >= 11 is 1.71. The first kappa shape index (κ1) is 8.36. The lowest BCUT2D eigenvalue weighted by atomic mass is 9.95. The van der Waals surface area contributed by atoms with Crippen molar-refractivity contribution >= 4 is 17.7 Å². The highest BCUT2D eigenvalue weighted by molar-refractivity contribution is 8.00. The second-order valence-corrected chi connectivity index (χ2v) is 5.14. The van der Waals surface area contributed by atoms with Gasteiger partial charge in [0.2, 0.25) is 0 Å². The highest BCUT2D eigenvalue weighted by Crippen LogP contribution is 2.52. The summed E-state index contributed by atoms with van der Waals surface area (Å²) in [7, 11) is 0. The van der Waals surface area contributed by atoms with Crippen molar-refractivity contribution in [2.75, 3.05) is 0 Å². The molecule has 2 aliphatic rings. The van der Waals surface area contributed by atoms with Gasteiger partial charge < -0.3 is 4.74 Å². The Morgan fingerprint density at radius 3 is 2.79 bits per heavy atom. The van der Waals surface area contributed by atoms with E-state index in [2.05, 4.69) is 0 Å². The normalized spacial score (nSPS) is 22.4. The number of fused-ring (bicyclic) bond motifs is 1. The minimum atomic E-state index is -0.217. The van der Waals surface area contributed by atoms with Gasteiger partial charge in [-0.15, -0.1) is 0 Å². The molecule has 3 rings (SSSR count). The summed E-state index contributed by atoms with van der Waals surface area (Å²) < 4.78 is 5.46. The summed E-state index contributed by atoms with van der Waals surface area (Å²) in [6.45, 7) is 0. The molecule has 0 unspecified atom stereocenters. The largest absolute Gasteiger partial charge is 0.444 e. The molecule has 1 fully saturated rings. The lowest BCUT2D eigenvalue weighted by molar-refractivity contribution is -0.0102. The van der Waals surface area contributed by atoms with Crippen molar-refractivity contribution in [2.24, 2.45) is 0 Å². The van der Waals surface area contributed by atoms with Crippen molar-refractivity contribution in [1.29, 1.82) is 0 Å². The number of thioether (sulfide) groups is 1. The van der Waals surface area contributed by atoms with Gasteiger partial charge in [0, 0.05) is 4.90 Å². The van der Waals surface area contributed by atoms with E-state index in [1.54, 1.807) is 11.8 Å². The number of ether oxygens (including phenoxy) is 1. The quantitative estimate of drug-likeness (QED) is 0.610. The van der Waals surface area contributed by atoms with Crippen LogP contribution in [0.4, 0.5) is 0 Å². The third-order valence-electron chi connectivity index (χ3n) is 2.80. The Kier molecular flexibility index (Phi) is 1.65. The predicted molar refractivity (Wildman–Crippen MR) is 54.3 cm³/mol. The van der Waals surface area contributed by atoms with Gasteiger partial charge in [0.1, 0.15) is 0 Å². The molecule has 0 aromatic heterocycles. The molecule has 3 heteroatoms. The van der Waals surface area contributed by atoms with Crippen LogP contribution in [0.15, 0.2) is 29.2 Å². The molecule has 1 aromatic carbocycles. The Bertz CT molecular complexity index is 396. The van der Waals surface area contributed by atoms with E-state index in [4.69, 9.17) is 4.74 Å². The molecule has 0 saturated heterocycles. The van der Waals surface area contributed by atoms with E-state index in [1.165, 1.54) is 6.42 Å². The van der Waals surface area contributed by atoms with Crippen LogP contribution in [0.5, 0.6) is 0 Å². The average molecular weight is 206 g/mol. The summed E-state index contributed by atoms with van der Waals surface area (Å²) in [4.78, 5) is 12.5. The molecular weight excluding hydrogens is 196 g/mol. The van der Waals surface area contributed by atoms with E-state index in [0.717, 1.165) is 23.3 Å². The summed E-state index contributed by atoms with van der Waals surface area (Å²) in [6, 6.07) is 7.67. The number of hydrogen-bond donors (Lipinski definition) is 0. The third-order valence-corrected chi connectivity index (χ3v) is 4.24. The van der Waals surface area contributed by atoms with Crippen LogP contribution in [0.3, 0.4) is 0 Å². The van der Waals surface area contributed by atoms with Crippen molar-refractivity contribution in [3.05, 3.63) is 29.8 Å². The molecule has 1 spiro atoms. The maximum atomic E-state index is 11.7. The molecule has 0 N–H and O–H groups in total. The zero-order valence-corrected chi connectivity index (χ0v) is 8.47. The number of benzene rings is 1. The summed E-state index contributed by atoms with van der Waals surface area (Å²) in [5.74, 6) is -0.154. The van der Waals surface area contributed by atoms with Crippen LogP contribution >= 0.6 is 11.8 Å². The molecule has 1 aliphatic carbocycles. The van der Waals surface area contributed by atoms with Crippen LogP contribution in [0, 0.1) is 0 Å². The van der Waals surface area contributed by atoms with Crippen LogP contribution in [0.2, 0.25) is 0 Å². The van der Waals surface area contributed by atoms with Crippen molar-refractivity contribution in [1.82, 2.24) is 0 Å². The van der Waals surface area contributed by atoms with Crippen LogP contribution < -0.4 is 0 Å². The van der Waals surface area contributed by atoms with E-state index in [9.17, 15) is 4.79 Å². The highest BCUT2D eigenvalue weighted by Gasteiger charge is 2.45. The van der Waals surface area contributed by atoms with E-state index in [1.807, 2.05) is 24.3 Å². The fourth-order valence-electron chi connectivity index (χ4n) is 1.84. The van der Waals surface area contributed by atoms with Crippen molar-refractivity contribution in [3.63, 3.8) is 0 Å². The molecule has 1 saturated carbocycles. The van der Waals surface area contributed by atoms with Gasteiger partial charge in [-0.25, -0.2) is 4.79 Å². The molecule has 0 atom stereocenters. The van der Waals surface area contributed by atoms with Crippen LogP contribution in [-0.2, 0) is 4.74 Å². The molecule has 1 aromatic rings.